The zero-order chi connectivity index (χ0) is 16.7. The van der Waals surface area contributed by atoms with Crippen LogP contribution in [-0.4, -0.2) is 29.2 Å². The number of hydrogen-bond acceptors (Lipinski definition) is 3. The number of hydrogen-bond donors (Lipinski definition) is 1. The largest absolute Gasteiger partial charge is 0.341 e. The standard InChI is InChI=1S/C17H16FN3O2S/c18-12-6-1-4-10-16(12)24(22,23)21-11-5-9-15(21)17-19-13-7-2-3-8-14(13)20-17/h1-4,6-8,10,15H,5,9,11H2,(H,19,20). The number of nitrogens with one attached hydrogen (secondary N) is 1. The second-order valence-electron chi connectivity index (χ2n) is 5.84. The Balaban J connectivity index is 1.76. The number of fused-ring (bicyclic) bond motifs is 1. The minimum absolute atomic E-state index is 0.284. The molecule has 0 aliphatic carbocycles. The smallest absolute Gasteiger partial charge is 0.246 e. The fourth-order valence-electron chi connectivity index (χ4n) is 3.21. The van der Waals surface area contributed by atoms with Gasteiger partial charge in [0.15, 0.2) is 0 Å². The molecule has 124 valence electrons. The molecule has 1 atom stereocenters. The molecule has 24 heavy (non-hydrogen) atoms. The highest BCUT2D eigenvalue weighted by Gasteiger charge is 2.38. The van der Waals surface area contributed by atoms with E-state index in [9.17, 15) is 12.8 Å². The summed E-state index contributed by atoms with van der Waals surface area (Å²) in [5.41, 5.74) is 1.66. The molecule has 1 aromatic heterocycles. The molecular formula is C17H16FN3O2S. The number of halogens is 1. The SMILES string of the molecule is O=S(=O)(c1ccccc1F)N1CCCC1c1nc2ccccc2[nH]1. The van der Waals surface area contributed by atoms with Crippen molar-refractivity contribution in [1.82, 2.24) is 14.3 Å². The number of imidazole rings is 1. The molecule has 0 spiro atoms. The van der Waals surface area contributed by atoms with Gasteiger partial charge in [-0.05, 0) is 37.1 Å². The van der Waals surface area contributed by atoms with Crippen LogP contribution in [0, 0.1) is 5.82 Å². The van der Waals surface area contributed by atoms with Crippen molar-refractivity contribution in [2.75, 3.05) is 6.54 Å². The summed E-state index contributed by atoms with van der Waals surface area (Å²) in [4.78, 5) is 7.43. The van der Waals surface area contributed by atoms with Crippen LogP contribution >= 0.6 is 0 Å². The zero-order valence-corrected chi connectivity index (χ0v) is 13.6. The van der Waals surface area contributed by atoms with Crippen molar-refractivity contribution in [1.29, 1.82) is 0 Å². The Morgan fingerprint density at radius 1 is 1.12 bits per heavy atom. The summed E-state index contributed by atoms with van der Waals surface area (Å²) >= 11 is 0. The van der Waals surface area contributed by atoms with Crippen molar-refractivity contribution in [2.24, 2.45) is 0 Å². The lowest BCUT2D eigenvalue weighted by molar-refractivity contribution is 0.383. The third kappa shape index (κ3) is 2.40. The summed E-state index contributed by atoms with van der Waals surface area (Å²) in [5.74, 6) is -0.124. The summed E-state index contributed by atoms with van der Waals surface area (Å²) in [6.07, 6.45) is 1.38. The maximum absolute atomic E-state index is 14.0. The Labute approximate surface area is 139 Å². The third-order valence-corrected chi connectivity index (χ3v) is 6.29. The molecule has 3 aromatic rings. The number of rotatable bonds is 3. The Morgan fingerprint density at radius 3 is 2.67 bits per heavy atom. The van der Waals surface area contributed by atoms with Gasteiger partial charge in [0.05, 0.1) is 17.1 Å². The number of benzene rings is 2. The van der Waals surface area contributed by atoms with Gasteiger partial charge in [-0.2, -0.15) is 4.31 Å². The molecule has 7 heteroatoms. The van der Waals surface area contributed by atoms with Crippen molar-refractivity contribution in [2.45, 2.75) is 23.8 Å². The monoisotopic (exact) mass is 345 g/mol. The first-order valence-electron chi connectivity index (χ1n) is 7.78. The highest BCUT2D eigenvalue weighted by molar-refractivity contribution is 7.89. The van der Waals surface area contributed by atoms with Gasteiger partial charge in [0, 0.05) is 6.54 Å². The molecule has 1 saturated heterocycles. The summed E-state index contributed by atoms with van der Waals surface area (Å²) in [7, 11) is -3.91. The summed E-state index contributed by atoms with van der Waals surface area (Å²) in [6, 6.07) is 12.6. The van der Waals surface area contributed by atoms with E-state index in [1.54, 1.807) is 0 Å². The quantitative estimate of drug-likeness (QED) is 0.792. The van der Waals surface area contributed by atoms with E-state index in [2.05, 4.69) is 9.97 Å². The van der Waals surface area contributed by atoms with Crippen LogP contribution in [0.15, 0.2) is 53.4 Å². The van der Waals surface area contributed by atoms with E-state index >= 15 is 0 Å². The molecule has 1 aliphatic rings. The lowest BCUT2D eigenvalue weighted by atomic mass is 10.2. The van der Waals surface area contributed by atoms with Crippen molar-refractivity contribution in [3.05, 3.63) is 60.2 Å². The second kappa shape index (κ2) is 5.68. The molecule has 1 aliphatic heterocycles. The summed E-state index contributed by atoms with van der Waals surface area (Å²) in [6.45, 7) is 0.360. The number of nitrogens with zero attached hydrogens (tertiary/aromatic N) is 2. The van der Waals surface area contributed by atoms with Gasteiger partial charge in [0.2, 0.25) is 10.0 Å². The first-order valence-corrected chi connectivity index (χ1v) is 9.22. The van der Waals surface area contributed by atoms with Crippen LogP contribution in [0.2, 0.25) is 0 Å². The van der Waals surface area contributed by atoms with E-state index in [-0.39, 0.29) is 4.90 Å². The second-order valence-corrected chi connectivity index (χ2v) is 7.70. The molecule has 2 aromatic carbocycles. The molecule has 0 amide bonds. The molecular weight excluding hydrogens is 329 g/mol. The van der Waals surface area contributed by atoms with Crippen LogP contribution in [0.3, 0.4) is 0 Å². The fourth-order valence-corrected chi connectivity index (χ4v) is 4.94. The van der Waals surface area contributed by atoms with E-state index in [0.29, 0.717) is 18.8 Å². The Morgan fingerprint density at radius 2 is 1.88 bits per heavy atom. The van der Waals surface area contributed by atoms with Gasteiger partial charge < -0.3 is 4.98 Å². The minimum atomic E-state index is -3.91. The van der Waals surface area contributed by atoms with Crippen LogP contribution in [0.5, 0.6) is 0 Å². The lowest BCUT2D eigenvalue weighted by Crippen LogP contribution is -2.31. The predicted octanol–water partition coefficient (Wildman–Crippen LogP) is 3.23. The highest BCUT2D eigenvalue weighted by Crippen LogP contribution is 2.36. The van der Waals surface area contributed by atoms with Crippen molar-refractivity contribution >= 4 is 21.1 Å². The average Bonchev–Trinajstić information content (AvgIpc) is 3.21. The van der Waals surface area contributed by atoms with E-state index < -0.39 is 21.9 Å². The minimum Gasteiger partial charge on any atom is -0.341 e. The number of H-pyrrole nitrogens is 1. The third-order valence-electron chi connectivity index (χ3n) is 4.35. The van der Waals surface area contributed by atoms with Gasteiger partial charge in [0.1, 0.15) is 16.5 Å². The van der Waals surface area contributed by atoms with Crippen LogP contribution < -0.4 is 0 Å². The highest BCUT2D eigenvalue weighted by atomic mass is 32.2. The topological polar surface area (TPSA) is 66.1 Å². The molecule has 0 radical (unpaired) electrons. The summed E-state index contributed by atoms with van der Waals surface area (Å²) < 4.78 is 41.2. The Kier molecular flexibility index (Phi) is 3.62. The van der Waals surface area contributed by atoms with E-state index in [1.165, 1.54) is 28.6 Å². The van der Waals surface area contributed by atoms with Crippen LogP contribution in [0.25, 0.3) is 11.0 Å². The van der Waals surface area contributed by atoms with E-state index in [0.717, 1.165) is 17.5 Å². The number of sulfonamides is 1. The predicted molar refractivity (Wildman–Crippen MR) is 88.4 cm³/mol. The molecule has 1 N–H and O–H groups in total. The molecule has 2 heterocycles. The van der Waals surface area contributed by atoms with Crippen LogP contribution in [0.1, 0.15) is 24.7 Å². The summed E-state index contributed by atoms with van der Waals surface area (Å²) in [5, 5.41) is 0. The van der Waals surface area contributed by atoms with Gasteiger partial charge in [-0.1, -0.05) is 24.3 Å². The Hall–Kier alpha value is -2.25. The van der Waals surface area contributed by atoms with Crippen molar-refractivity contribution < 1.29 is 12.8 Å². The molecule has 1 unspecified atom stereocenters. The molecule has 0 bridgehead atoms. The van der Waals surface area contributed by atoms with Gasteiger partial charge in [-0.15, -0.1) is 0 Å². The molecule has 5 nitrogen and oxygen atoms in total. The average molecular weight is 345 g/mol. The lowest BCUT2D eigenvalue weighted by Gasteiger charge is -2.22. The van der Waals surface area contributed by atoms with Crippen molar-refractivity contribution in [3.63, 3.8) is 0 Å². The number of para-hydroxylation sites is 2. The molecule has 0 saturated carbocycles. The zero-order valence-electron chi connectivity index (χ0n) is 12.8. The molecule has 1 fully saturated rings. The fraction of sp³-hybridized carbons (Fsp3) is 0.235. The first kappa shape index (κ1) is 15.3. The van der Waals surface area contributed by atoms with Gasteiger partial charge in [-0.3, -0.25) is 0 Å². The Bertz CT molecular complexity index is 967. The van der Waals surface area contributed by atoms with Gasteiger partial charge in [0.25, 0.3) is 0 Å². The van der Waals surface area contributed by atoms with Crippen LogP contribution in [0.4, 0.5) is 4.39 Å². The molecule has 4 rings (SSSR count). The van der Waals surface area contributed by atoms with E-state index in [1.807, 2.05) is 24.3 Å². The maximum atomic E-state index is 14.0. The first-order chi connectivity index (χ1) is 11.6. The van der Waals surface area contributed by atoms with Crippen molar-refractivity contribution in [3.8, 4) is 0 Å². The maximum Gasteiger partial charge on any atom is 0.246 e. The van der Waals surface area contributed by atoms with Gasteiger partial charge in [-0.25, -0.2) is 17.8 Å². The normalized spacial score (nSPS) is 19.1. The number of aromatic nitrogens is 2. The van der Waals surface area contributed by atoms with Gasteiger partial charge >= 0.3 is 0 Å². The number of aromatic amines is 1. The van der Waals surface area contributed by atoms with E-state index in [4.69, 9.17) is 0 Å². The van der Waals surface area contributed by atoms with Crippen LogP contribution in [-0.2, 0) is 10.0 Å².